The van der Waals surface area contributed by atoms with E-state index in [1.807, 2.05) is 12.2 Å². The van der Waals surface area contributed by atoms with Crippen molar-refractivity contribution in [1.29, 1.82) is 0 Å². The Labute approximate surface area is 334 Å². The van der Waals surface area contributed by atoms with Crippen LogP contribution in [0.2, 0.25) is 0 Å². The summed E-state index contributed by atoms with van der Waals surface area (Å²) < 4.78 is 32.6. The van der Waals surface area contributed by atoms with E-state index in [2.05, 4.69) is 98.9 Å². The number of esters is 2. The smallest absolute Gasteiger partial charge is 0.462 e. The summed E-state index contributed by atoms with van der Waals surface area (Å²) in [6.07, 6.45) is 51.7. The molecule has 0 heterocycles. The highest BCUT2D eigenvalue weighted by atomic mass is 31.2. The van der Waals surface area contributed by atoms with Gasteiger partial charge in [0.1, 0.15) is 6.61 Å². The minimum atomic E-state index is -4.41. The van der Waals surface area contributed by atoms with Gasteiger partial charge in [-0.05, 0) is 83.5 Å². The fraction of sp³-hybridized carbons (Fsp3) is 0.600. The maximum Gasteiger partial charge on any atom is 0.472 e. The van der Waals surface area contributed by atoms with Crippen LogP contribution in [0.3, 0.4) is 0 Å². The number of carbonyl (C=O) groups is 2. The molecule has 0 amide bonds. The van der Waals surface area contributed by atoms with E-state index >= 15 is 0 Å². The molecule has 0 aromatic rings. The zero-order chi connectivity index (χ0) is 40.3. The van der Waals surface area contributed by atoms with E-state index in [1.54, 1.807) is 0 Å². The van der Waals surface area contributed by atoms with Crippen molar-refractivity contribution in [2.75, 3.05) is 26.4 Å². The SMILES string of the molecule is CCC=CCC=CCC=CCC=CCC=CCCCC(=O)OC(COC(=O)CCCC=CCC=CCC=CCCCCCCCC)COP(=O)(O)OCCN. The van der Waals surface area contributed by atoms with Gasteiger partial charge in [-0.15, -0.1) is 0 Å². The second-order valence-electron chi connectivity index (χ2n) is 13.1. The van der Waals surface area contributed by atoms with Crippen molar-refractivity contribution in [2.45, 2.75) is 148 Å². The minimum Gasteiger partial charge on any atom is -0.462 e. The summed E-state index contributed by atoms with van der Waals surface area (Å²) in [5.41, 5.74) is 5.33. The third-order valence-electron chi connectivity index (χ3n) is 7.95. The van der Waals surface area contributed by atoms with E-state index in [-0.39, 0.29) is 32.6 Å². The highest BCUT2D eigenvalue weighted by molar-refractivity contribution is 7.47. The molecule has 0 fully saturated rings. The standard InChI is InChI=1S/C45H74NO8P/c1-3-5-7-9-11-13-15-17-19-21-23-25-27-29-31-33-35-37-44(47)51-41-43(42-53-55(49,50)52-40-39-46)54-45(48)38-36-34-32-30-28-26-24-22-20-18-16-14-12-10-8-6-4-2/h6,8,12,14,17-20,23-26,29-32,43H,3-5,7,9-11,13,15-16,21-22,27-28,33-42,46H2,1-2H3,(H,49,50). The first-order valence-electron chi connectivity index (χ1n) is 20.7. The highest BCUT2D eigenvalue weighted by Crippen LogP contribution is 2.43. The third kappa shape index (κ3) is 40.4. The average Bonchev–Trinajstić information content (AvgIpc) is 3.17. The molecule has 0 bridgehead atoms. The van der Waals surface area contributed by atoms with Crippen LogP contribution in [0, 0.1) is 0 Å². The van der Waals surface area contributed by atoms with E-state index < -0.39 is 32.5 Å². The Hall–Kier alpha value is -3.07. The number of rotatable bonds is 37. The molecule has 0 aliphatic heterocycles. The van der Waals surface area contributed by atoms with Gasteiger partial charge in [0.25, 0.3) is 0 Å². The molecule has 10 heteroatoms. The van der Waals surface area contributed by atoms with E-state index in [0.29, 0.717) is 19.3 Å². The molecule has 0 radical (unpaired) electrons. The molecule has 0 aromatic carbocycles. The van der Waals surface area contributed by atoms with Gasteiger partial charge in [-0.2, -0.15) is 0 Å². The van der Waals surface area contributed by atoms with Gasteiger partial charge in [-0.25, -0.2) is 4.57 Å². The van der Waals surface area contributed by atoms with Gasteiger partial charge in [-0.3, -0.25) is 18.6 Å². The lowest BCUT2D eigenvalue weighted by atomic mass is 10.1. The number of carbonyl (C=O) groups excluding carboxylic acids is 2. The summed E-state index contributed by atoms with van der Waals surface area (Å²) in [4.78, 5) is 34.8. The van der Waals surface area contributed by atoms with Crippen LogP contribution in [0.4, 0.5) is 0 Å². The van der Waals surface area contributed by atoms with Gasteiger partial charge >= 0.3 is 19.8 Å². The fourth-order valence-electron chi connectivity index (χ4n) is 4.92. The summed E-state index contributed by atoms with van der Waals surface area (Å²) in [7, 11) is -4.41. The van der Waals surface area contributed by atoms with Gasteiger partial charge in [0.15, 0.2) is 6.10 Å². The molecule has 0 saturated heterocycles. The molecule has 0 aliphatic carbocycles. The molecule has 0 saturated carbocycles. The zero-order valence-corrected chi connectivity index (χ0v) is 35.0. The minimum absolute atomic E-state index is 0.0325. The Kier molecular flexibility index (Phi) is 38.3. The number of ether oxygens (including phenoxy) is 2. The molecule has 2 atom stereocenters. The van der Waals surface area contributed by atoms with E-state index in [9.17, 15) is 19.0 Å². The molecule has 0 rings (SSSR count). The lowest BCUT2D eigenvalue weighted by molar-refractivity contribution is -0.161. The van der Waals surface area contributed by atoms with Gasteiger partial charge in [0.05, 0.1) is 13.2 Å². The van der Waals surface area contributed by atoms with Crippen LogP contribution in [-0.2, 0) is 32.7 Å². The number of phosphoric ester groups is 1. The summed E-state index contributed by atoms with van der Waals surface area (Å²) in [6, 6.07) is 0. The van der Waals surface area contributed by atoms with Gasteiger partial charge in [0.2, 0.25) is 0 Å². The normalized spacial score (nSPS) is 14.3. The van der Waals surface area contributed by atoms with Gasteiger partial charge in [0, 0.05) is 19.4 Å². The molecule has 9 nitrogen and oxygen atoms in total. The first kappa shape index (κ1) is 51.9. The summed E-state index contributed by atoms with van der Waals surface area (Å²) in [5.74, 6) is -0.969. The van der Waals surface area contributed by atoms with Crippen LogP contribution in [0.1, 0.15) is 142 Å². The lowest BCUT2D eigenvalue weighted by Crippen LogP contribution is -2.29. The molecule has 3 N–H and O–H groups in total. The van der Waals surface area contributed by atoms with Crippen molar-refractivity contribution >= 4 is 19.8 Å². The molecule has 0 spiro atoms. The molecular weight excluding hydrogens is 713 g/mol. The van der Waals surface area contributed by atoms with Crippen LogP contribution in [0.15, 0.2) is 97.2 Å². The Morgan fingerprint density at radius 1 is 0.564 bits per heavy atom. The van der Waals surface area contributed by atoms with E-state index in [0.717, 1.165) is 57.8 Å². The van der Waals surface area contributed by atoms with Crippen molar-refractivity contribution in [3.63, 3.8) is 0 Å². The lowest BCUT2D eigenvalue weighted by Gasteiger charge is -2.19. The monoisotopic (exact) mass is 788 g/mol. The fourth-order valence-corrected chi connectivity index (χ4v) is 5.68. The predicted octanol–water partition coefficient (Wildman–Crippen LogP) is 11.8. The highest BCUT2D eigenvalue weighted by Gasteiger charge is 2.25. The number of hydrogen-bond donors (Lipinski definition) is 2. The summed E-state index contributed by atoms with van der Waals surface area (Å²) >= 11 is 0. The molecule has 2 unspecified atom stereocenters. The van der Waals surface area contributed by atoms with Gasteiger partial charge < -0.3 is 20.1 Å². The summed E-state index contributed by atoms with van der Waals surface area (Å²) in [6.45, 7) is 3.45. The molecule has 0 aliphatic rings. The van der Waals surface area contributed by atoms with Crippen molar-refractivity contribution < 1.29 is 37.6 Å². The second-order valence-corrected chi connectivity index (χ2v) is 14.6. The van der Waals surface area contributed by atoms with Crippen molar-refractivity contribution in [2.24, 2.45) is 5.73 Å². The van der Waals surface area contributed by atoms with Gasteiger partial charge in [-0.1, -0.05) is 143 Å². The van der Waals surface area contributed by atoms with Crippen LogP contribution in [0.25, 0.3) is 0 Å². The maximum absolute atomic E-state index is 12.5. The van der Waals surface area contributed by atoms with Crippen molar-refractivity contribution in [3.8, 4) is 0 Å². The average molecular weight is 788 g/mol. The maximum atomic E-state index is 12.5. The van der Waals surface area contributed by atoms with Crippen LogP contribution in [-0.4, -0.2) is 49.3 Å². The predicted molar refractivity (Wildman–Crippen MR) is 228 cm³/mol. The first-order valence-corrected chi connectivity index (χ1v) is 22.2. The Morgan fingerprint density at radius 3 is 1.49 bits per heavy atom. The molecular formula is C45H74NO8P. The quantitative estimate of drug-likeness (QED) is 0.0273. The molecule has 0 aromatic heterocycles. The largest absolute Gasteiger partial charge is 0.472 e. The van der Waals surface area contributed by atoms with Crippen LogP contribution < -0.4 is 5.73 Å². The second kappa shape index (κ2) is 40.6. The first-order chi connectivity index (χ1) is 26.8. The topological polar surface area (TPSA) is 134 Å². The van der Waals surface area contributed by atoms with E-state index in [1.165, 1.54) is 38.5 Å². The number of hydrogen-bond acceptors (Lipinski definition) is 8. The van der Waals surface area contributed by atoms with Crippen LogP contribution in [0.5, 0.6) is 0 Å². The summed E-state index contributed by atoms with van der Waals surface area (Å²) in [5, 5.41) is 0. The third-order valence-corrected chi connectivity index (χ3v) is 8.94. The number of phosphoric acid groups is 1. The molecule has 312 valence electrons. The Balaban J connectivity index is 4.39. The number of nitrogens with two attached hydrogens (primary N) is 1. The Morgan fingerprint density at radius 2 is 1.00 bits per heavy atom. The molecule has 55 heavy (non-hydrogen) atoms. The Bertz CT molecular complexity index is 1220. The van der Waals surface area contributed by atoms with E-state index in [4.69, 9.17) is 24.3 Å². The number of unbranched alkanes of at least 4 members (excludes halogenated alkanes) is 8. The van der Waals surface area contributed by atoms with Crippen molar-refractivity contribution in [1.82, 2.24) is 0 Å². The zero-order valence-electron chi connectivity index (χ0n) is 34.1. The number of allylic oxidation sites excluding steroid dienone is 16. The van der Waals surface area contributed by atoms with Crippen LogP contribution >= 0.6 is 7.82 Å². The van der Waals surface area contributed by atoms with Crippen molar-refractivity contribution in [3.05, 3.63) is 97.2 Å².